The standard InChI is InChI=1S/C10H16O4/c1-5-6-7-8(11)14-10(2,3)9(12)13-4/h5-6H,7H2,1-4H3. The van der Waals surface area contributed by atoms with Crippen LogP contribution in [0.5, 0.6) is 0 Å². The first-order chi connectivity index (χ1) is 6.44. The van der Waals surface area contributed by atoms with Crippen LogP contribution in [0.4, 0.5) is 0 Å². The fourth-order valence-electron chi connectivity index (χ4n) is 0.828. The summed E-state index contributed by atoms with van der Waals surface area (Å²) in [4.78, 5) is 22.3. The number of hydrogen-bond acceptors (Lipinski definition) is 4. The van der Waals surface area contributed by atoms with Crippen LogP contribution in [0.2, 0.25) is 0 Å². The van der Waals surface area contributed by atoms with Crippen molar-refractivity contribution in [3.05, 3.63) is 12.2 Å². The maximum Gasteiger partial charge on any atom is 0.349 e. The third kappa shape index (κ3) is 4.07. The third-order valence-corrected chi connectivity index (χ3v) is 1.57. The molecule has 0 amide bonds. The monoisotopic (exact) mass is 200 g/mol. The van der Waals surface area contributed by atoms with Crippen molar-refractivity contribution in [3.63, 3.8) is 0 Å². The molecule has 14 heavy (non-hydrogen) atoms. The molecular weight excluding hydrogens is 184 g/mol. The zero-order valence-electron chi connectivity index (χ0n) is 8.99. The lowest BCUT2D eigenvalue weighted by atomic mass is 10.1. The lowest BCUT2D eigenvalue weighted by Gasteiger charge is -2.21. The topological polar surface area (TPSA) is 52.6 Å². The van der Waals surface area contributed by atoms with Gasteiger partial charge in [-0.2, -0.15) is 0 Å². The third-order valence-electron chi connectivity index (χ3n) is 1.57. The maximum absolute atomic E-state index is 11.2. The van der Waals surface area contributed by atoms with Gasteiger partial charge in [-0.05, 0) is 20.8 Å². The molecule has 0 bridgehead atoms. The molecule has 0 heterocycles. The molecule has 0 aliphatic carbocycles. The molecule has 4 heteroatoms. The molecule has 0 aliphatic rings. The highest BCUT2D eigenvalue weighted by Gasteiger charge is 2.32. The van der Waals surface area contributed by atoms with Crippen molar-refractivity contribution in [1.29, 1.82) is 0 Å². The Kier molecular flexibility index (Phi) is 4.91. The Hall–Kier alpha value is -1.32. The molecule has 0 saturated carbocycles. The van der Waals surface area contributed by atoms with Crippen LogP contribution in [0.15, 0.2) is 12.2 Å². The number of carbonyl (C=O) groups excluding carboxylic acids is 2. The summed E-state index contributed by atoms with van der Waals surface area (Å²) in [6.45, 7) is 4.79. The summed E-state index contributed by atoms with van der Waals surface area (Å²) in [7, 11) is 1.25. The highest BCUT2D eigenvalue weighted by Crippen LogP contribution is 2.12. The Morgan fingerprint density at radius 2 is 1.93 bits per heavy atom. The zero-order valence-corrected chi connectivity index (χ0v) is 8.99. The minimum atomic E-state index is -1.21. The summed E-state index contributed by atoms with van der Waals surface area (Å²) >= 11 is 0. The van der Waals surface area contributed by atoms with Gasteiger partial charge in [0.15, 0.2) is 0 Å². The van der Waals surface area contributed by atoms with E-state index in [4.69, 9.17) is 4.74 Å². The van der Waals surface area contributed by atoms with Crippen LogP contribution in [-0.2, 0) is 19.1 Å². The molecule has 0 N–H and O–H groups in total. The van der Waals surface area contributed by atoms with Crippen LogP contribution >= 0.6 is 0 Å². The Morgan fingerprint density at radius 3 is 2.36 bits per heavy atom. The average molecular weight is 200 g/mol. The SMILES string of the molecule is CC=CCC(=O)OC(C)(C)C(=O)OC. The smallest absolute Gasteiger partial charge is 0.349 e. The van der Waals surface area contributed by atoms with Gasteiger partial charge in [0.1, 0.15) is 0 Å². The summed E-state index contributed by atoms with van der Waals surface area (Å²) < 4.78 is 9.41. The Bertz CT molecular complexity index is 241. The van der Waals surface area contributed by atoms with E-state index in [1.165, 1.54) is 21.0 Å². The van der Waals surface area contributed by atoms with E-state index in [0.717, 1.165) is 0 Å². The van der Waals surface area contributed by atoms with Crippen molar-refractivity contribution < 1.29 is 19.1 Å². The van der Waals surface area contributed by atoms with Crippen LogP contribution in [-0.4, -0.2) is 24.6 Å². The summed E-state index contributed by atoms with van der Waals surface area (Å²) in [5.41, 5.74) is -1.21. The zero-order chi connectivity index (χ0) is 11.2. The molecule has 0 aromatic heterocycles. The summed E-state index contributed by atoms with van der Waals surface area (Å²) in [6.07, 6.45) is 3.57. The molecule has 0 unspecified atom stereocenters. The summed E-state index contributed by atoms with van der Waals surface area (Å²) in [5, 5.41) is 0. The van der Waals surface area contributed by atoms with Crippen molar-refractivity contribution >= 4 is 11.9 Å². The van der Waals surface area contributed by atoms with Gasteiger partial charge in [0.05, 0.1) is 13.5 Å². The Morgan fingerprint density at radius 1 is 1.36 bits per heavy atom. The highest BCUT2D eigenvalue weighted by molar-refractivity contribution is 5.82. The predicted molar refractivity (Wildman–Crippen MR) is 51.6 cm³/mol. The van der Waals surface area contributed by atoms with Crippen molar-refractivity contribution in [2.45, 2.75) is 32.8 Å². The van der Waals surface area contributed by atoms with E-state index in [2.05, 4.69) is 4.74 Å². The lowest BCUT2D eigenvalue weighted by Crippen LogP contribution is -2.38. The first-order valence-corrected chi connectivity index (χ1v) is 4.35. The van der Waals surface area contributed by atoms with Gasteiger partial charge < -0.3 is 9.47 Å². The van der Waals surface area contributed by atoms with Crippen molar-refractivity contribution in [2.24, 2.45) is 0 Å². The number of esters is 2. The molecule has 0 radical (unpaired) electrons. The van der Waals surface area contributed by atoms with Gasteiger partial charge in [-0.3, -0.25) is 4.79 Å². The van der Waals surface area contributed by atoms with Crippen LogP contribution in [0.3, 0.4) is 0 Å². The van der Waals surface area contributed by atoms with Gasteiger partial charge in [-0.25, -0.2) is 4.79 Å². The quantitative estimate of drug-likeness (QED) is 0.509. The molecule has 0 rings (SSSR count). The number of methoxy groups -OCH3 is 1. The van der Waals surface area contributed by atoms with E-state index < -0.39 is 17.5 Å². The van der Waals surface area contributed by atoms with Gasteiger partial charge in [0.2, 0.25) is 5.60 Å². The Labute approximate surface area is 83.9 Å². The lowest BCUT2D eigenvalue weighted by molar-refractivity contribution is -0.176. The second-order valence-corrected chi connectivity index (χ2v) is 3.25. The van der Waals surface area contributed by atoms with Crippen LogP contribution in [0, 0.1) is 0 Å². The largest absolute Gasteiger partial charge is 0.466 e. The van der Waals surface area contributed by atoms with E-state index in [-0.39, 0.29) is 6.42 Å². The number of carbonyl (C=O) groups is 2. The van der Waals surface area contributed by atoms with Gasteiger partial charge in [-0.15, -0.1) is 0 Å². The Balaban J connectivity index is 4.21. The first-order valence-electron chi connectivity index (χ1n) is 4.35. The van der Waals surface area contributed by atoms with E-state index in [0.29, 0.717) is 0 Å². The van der Waals surface area contributed by atoms with Gasteiger partial charge in [0.25, 0.3) is 0 Å². The van der Waals surface area contributed by atoms with Gasteiger partial charge in [-0.1, -0.05) is 12.2 Å². The van der Waals surface area contributed by atoms with E-state index in [1.54, 1.807) is 19.1 Å². The van der Waals surface area contributed by atoms with Crippen LogP contribution in [0.1, 0.15) is 27.2 Å². The van der Waals surface area contributed by atoms with Crippen molar-refractivity contribution in [1.82, 2.24) is 0 Å². The first kappa shape index (κ1) is 12.7. The van der Waals surface area contributed by atoms with Gasteiger partial charge >= 0.3 is 11.9 Å². The molecular formula is C10H16O4. The second-order valence-electron chi connectivity index (χ2n) is 3.25. The van der Waals surface area contributed by atoms with Crippen LogP contribution < -0.4 is 0 Å². The number of rotatable bonds is 4. The second kappa shape index (κ2) is 5.42. The van der Waals surface area contributed by atoms with E-state index in [1.807, 2.05) is 0 Å². The molecule has 0 saturated heterocycles. The molecule has 80 valence electrons. The minimum Gasteiger partial charge on any atom is -0.466 e. The molecule has 0 fully saturated rings. The number of allylic oxidation sites excluding steroid dienone is 1. The predicted octanol–water partition coefficient (Wildman–Crippen LogP) is 1.45. The molecule has 0 aromatic rings. The normalized spacial score (nSPS) is 11.4. The van der Waals surface area contributed by atoms with Crippen molar-refractivity contribution in [3.8, 4) is 0 Å². The minimum absolute atomic E-state index is 0.164. The van der Waals surface area contributed by atoms with E-state index >= 15 is 0 Å². The average Bonchev–Trinajstić information content (AvgIpc) is 2.12. The molecule has 0 aliphatic heterocycles. The molecule has 0 atom stereocenters. The fourth-order valence-corrected chi connectivity index (χ4v) is 0.828. The molecule has 4 nitrogen and oxygen atoms in total. The van der Waals surface area contributed by atoms with Gasteiger partial charge in [0, 0.05) is 0 Å². The fraction of sp³-hybridized carbons (Fsp3) is 0.600. The number of hydrogen-bond donors (Lipinski definition) is 0. The summed E-state index contributed by atoms with van der Waals surface area (Å²) in [6, 6.07) is 0. The van der Waals surface area contributed by atoms with Crippen molar-refractivity contribution in [2.75, 3.05) is 7.11 Å². The summed E-state index contributed by atoms with van der Waals surface area (Å²) in [5.74, 6) is -1.01. The number of ether oxygens (including phenoxy) is 2. The van der Waals surface area contributed by atoms with Crippen LogP contribution in [0.25, 0.3) is 0 Å². The maximum atomic E-state index is 11.2. The van der Waals surface area contributed by atoms with E-state index in [9.17, 15) is 9.59 Å². The molecule has 0 spiro atoms. The molecule has 0 aromatic carbocycles. The highest BCUT2D eigenvalue weighted by atomic mass is 16.6.